The van der Waals surface area contributed by atoms with Crippen molar-refractivity contribution >= 4 is 11.9 Å². The zero-order valence-corrected chi connectivity index (χ0v) is 39.5. The molecule has 2 heterocycles. The summed E-state index contributed by atoms with van der Waals surface area (Å²) in [4.78, 5) is 25.7. The molecule has 2 rings (SSSR count). The van der Waals surface area contributed by atoms with E-state index in [1.807, 2.05) is 0 Å². The predicted molar refractivity (Wildman–Crippen MR) is 243 cm³/mol. The van der Waals surface area contributed by atoms with Crippen molar-refractivity contribution in [3.63, 3.8) is 0 Å². The molecule has 0 aromatic rings. The van der Waals surface area contributed by atoms with E-state index in [2.05, 4.69) is 26.0 Å². The monoisotopic (exact) mass is 919 g/mol. The van der Waals surface area contributed by atoms with Crippen molar-refractivity contribution in [1.82, 2.24) is 0 Å². The third-order valence-electron chi connectivity index (χ3n) is 12.2. The van der Waals surface area contributed by atoms with Gasteiger partial charge in [0.1, 0.15) is 55.4 Å². The summed E-state index contributed by atoms with van der Waals surface area (Å²) in [7, 11) is 0. The minimum atomic E-state index is -1.76. The quantitative estimate of drug-likeness (QED) is 0.0196. The van der Waals surface area contributed by atoms with Gasteiger partial charge in [0.2, 0.25) is 0 Å². The van der Waals surface area contributed by atoms with Crippen LogP contribution in [-0.2, 0) is 38.0 Å². The molecule has 0 aromatic heterocycles. The van der Waals surface area contributed by atoms with Crippen LogP contribution in [0.3, 0.4) is 0 Å². The minimum absolute atomic E-state index is 0.149. The van der Waals surface area contributed by atoms with Gasteiger partial charge < -0.3 is 64.2 Å². The van der Waals surface area contributed by atoms with Gasteiger partial charge in [-0.3, -0.25) is 9.59 Å². The molecule has 64 heavy (non-hydrogen) atoms. The number of aliphatic hydroxyl groups excluding tert-OH is 7. The molecule has 376 valence electrons. The second-order valence-electron chi connectivity index (χ2n) is 18.0. The van der Waals surface area contributed by atoms with Crippen LogP contribution in [0, 0.1) is 0 Å². The Bertz CT molecular complexity index is 1170. The molecule has 0 aromatic carbocycles. The Kier molecular flexibility index (Phi) is 34.0. The van der Waals surface area contributed by atoms with Gasteiger partial charge in [-0.05, 0) is 38.5 Å². The lowest BCUT2D eigenvalue weighted by Crippen LogP contribution is -2.61. The van der Waals surface area contributed by atoms with E-state index in [0.29, 0.717) is 12.8 Å². The summed E-state index contributed by atoms with van der Waals surface area (Å²) in [6, 6.07) is 0. The van der Waals surface area contributed by atoms with Crippen LogP contribution in [0.4, 0.5) is 0 Å². The van der Waals surface area contributed by atoms with Crippen molar-refractivity contribution in [2.45, 2.75) is 261 Å². The number of carbonyl (C=O) groups excluding carboxylic acids is 2. The van der Waals surface area contributed by atoms with Crippen LogP contribution in [0.15, 0.2) is 12.2 Å². The minimum Gasteiger partial charge on any atom is -0.462 e. The van der Waals surface area contributed by atoms with Crippen molar-refractivity contribution < 1.29 is 73.8 Å². The maximum Gasteiger partial charge on any atom is 0.306 e. The number of ether oxygens (including phenoxy) is 6. The Labute approximate surface area is 384 Å². The van der Waals surface area contributed by atoms with Crippen LogP contribution < -0.4 is 0 Å². The van der Waals surface area contributed by atoms with Crippen LogP contribution in [0.2, 0.25) is 0 Å². The van der Waals surface area contributed by atoms with E-state index < -0.39 is 92.7 Å². The molecule has 0 spiro atoms. The molecule has 0 bridgehead atoms. The Morgan fingerprint density at radius 1 is 0.484 bits per heavy atom. The molecule has 2 fully saturated rings. The van der Waals surface area contributed by atoms with Crippen molar-refractivity contribution in [2.75, 3.05) is 26.4 Å². The third-order valence-corrected chi connectivity index (χ3v) is 12.2. The van der Waals surface area contributed by atoms with Crippen LogP contribution in [0.25, 0.3) is 0 Å². The first-order valence-corrected chi connectivity index (χ1v) is 25.3. The van der Waals surface area contributed by atoms with Crippen molar-refractivity contribution in [3.05, 3.63) is 12.2 Å². The molecule has 2 saturated heterocycles. The lowest BCUT2D eigenvalue weighted by molar-refractivity contribution is -0.332. The van der Waals surface area contributed by atoms with Gasteiger partial charge in [0.15, 0.2) is 18.7 Å². The highest BCUT2D eigenvalue weighted by atomic mass is 16.7. The first kappa shape index (κ1) is 58.4. The van der Waals surface area contributed by atoms with E-state index in [4.69, 9.17) is 28.4 Å². The standard InChI is InChI=1S/C49H90O15/c1-3-5-7-9-11-13-15-17-18-20-22-24-26-28-30-32-41(52)62-37(34-59-40(51)31-29-27-25-23-21-19-16-14-12-10-8-6-4-2)35-60-48-47(58)45(56)43(54)39(64-48)36-61-49-46(57)44(55)42(53)38(33-50)63-49/h20,22,37-39,42-50,53-58H,3-19,21,23-36H2,1-2H3/b22-20+/t37-,38-,39-,42+,43+,44?,45?,46?,47?,48-,49-/m1/s1. The molecule has 0 radical (unpaired) electrons. The second kappa shape index (κ2) is 37.2. The summed E-state index contributed by atoms with van der Waals surface area (Å²) >= 11 is 0. The summed E-state index contributed by atoms with van der Waals surface area (Å²) in [5.74, 6) is -0.935. The Morgan fingerprint density at radius 3 is 1.39 bits per heavy atom. The molecule has 2 aliphatic rings. The second-order valence-corrected chi connectivity index (χ2v) is 18.0. The first-order valence-electron chi connectivity index (χ1n) is 25.3. The Balaban J connectivity index is 1.83. The average molecular weight is 919 g/mol. The number of esters is 2. The van der Waals surface area contributed by atoms with Gasteiger partial charge in [-0.1, -0.05) is 154 Å². The largest absolute Gasteiger partial charge is 0.462 e. The highest BCUT2D eigenvalue weighted by molar-refractivity contribution is 5.70. The SMILES string of the molecule is CCCCCCCCCC/C=C/CCCCCC(=O)O[C@H](COC(=O)CCCCCCCCCCCCCCC)CO[C@@H]1O[C@H](CO[C@@H]2O[C@H](CO)[C@H](O)C(O)C2O)[C@H](O)C(O)C1O. The zero-order valence-electron chi connectivity index (χ0n) is 39.5. The first-order chi connectivity index (χ1) is 31.0. The predicted octanol–water partition coefficient (Wildman–Crippen LogP) is 6.60. The number of unbranched alkanes of at least 4 members (excludes halogenated alkanes) is 23. The van der Waals surface area contributed by atoms with E-state index in [9.17, 15) is 45.3 Å². The van der Waals surface area contributed by atoms with Crippen LogP contribution >= 0.6 is 0 Å². The summed E-state index contributed by atoms with van der Waals surface area (Å²) in [5, 5.41) is 72.0. The fourth-order valence-corrected chi connectivity index (χ4v) is 8.04. The maximum absolute atomic E-state index is 13.0. The smallest absolute Gasteiger partial charge is 0.306 e. The van der Waals surface area contributed by atoms with Crippen molar-refractivity contribution in [2.24, 2.45) is 0 Å². The third kappa shape index (κ3) is 25.4. The highest BCUT2D eigenvalue weighted by Crippen LogP contribution is 2.26. The molecule has 0 aliphatic carbocycles. The normalized spacial score (nSPS) is 26.6. The fraction of sp³-hybridized carbons (Fsp3) is 0.918. The van der Waals surface area contributed by atoms with E-state index in [1.54, 1.807) is 0 Å². The van der Waals surface area contributed by atoms with Gasteiger partial charge in [-0.2, -0.15) is 0 Å². The topological polar surface area (TPSA) is 231 Å². The number of aliphatic hydroxyl groups is 7. The molecule has 11 atom stereocenters. The maximum atomic E-state index is 13.0. The van der Waals surface area contributed by atoms with E-state index in [-0.39, 0.29) is 26.1 Å². The number of rotatable bonds is 39. The molecule has 0 amide bonds. The van der Waals surface area contributed by atoms with Gasteiger partial charge in [-0.25, -0.2) is 0 Å². The summed E-state index contributed by atoms with van der Waals surface area (Å²) in [6.07, 6.45) is 18.1. The van der Waals surface area contributed by atoms with E-state index in [1.165, 1.54) is 109 Å². The molecule has 15 heteroatoms. The van der Waals surface area contributed by atoms with Crippen LogP contribution in [-0.4, -0.2) is 142 Å². The van der Waals surface area contributed by atoms with Crippen molar-refractivity contribution in [1.29, 1.82) is 0 Å². The number of allylic oxidation sites excluding steroid dienone is 2. The number of hydrogen-bond acceptors (Lipinski definition) is 15. The van der Waals surface area contributed by atoms with Gasteiger partial charge in [0, 0.05) is 12.8 Å². The Morgan fingerprint density at radius 2 is 0.891 bits per heavy atom. The number of hydrogen-bond donors (Lipinski definition) is 7. The van der Waals surface area contributed by atoms with E-state index in [0.717, 1.165) is 44.9 Å². The van der Waals surface area contributed by atoms with Gasteiger partial charge in [0.25, 0.3) is 0 Å². The summed E-state index contributed by atoms with van der Waals surface area (Å²) < 4.78 is 33.5. The summed E-state index contributed by atoms with van der Waals surface area (Å²) in [6.45, 7) is 2.58. The molecule has 7 N–H and O–H groups in total. The van der Waals surface area contributed by atoms with Gasteiger partial charge in [-0.15, -0.1) is 0 Å². The highest BCUT2D eigenvalue weighted by Gasteiger charge is 2.47. The Hall–Kier alpha value is -1.76. The number of carbonyl (C=O) groups is 2. The van der Waals surface area contributed by atoms with Gasteiger partial charge >= 0.3 is 11.9 Å². The lowest BCUT2D eigenvalue weighted by Gasteiger charge is -2.42. The molecule has 4 unspecified atom stereocenters. The molecular formula is C49H90O15. The molecule has 0 saturated carbocycles. The average Bonchev–Trinajstić information content (AvgIpc) is 3.29. The lowest BCUT2D eigenvalue weighted by atomic mass is 9.98. The zero-order chi connectivity index (χ0) is 46.8. The van der Waals surface area contributed by atoms with Crippen molar-refractivity contribution in [3.8, 4) is 0 Å². The molecule has 2 aliphatic heterocycles. The fourth-order valence-electron chi connectivity index (χ4n) is 8.04. The van der Waals surface area contributed by atoms with Crippen LogP contribution in [0.5, 0.6) is 0 Å². The van der Waals surface area contributed by atoms with Crippen LogP contribution in [0.1, 0.15) is 194 Å². The van der Waals surface area contributed by atoms with E-state index >= 15 is 0 Å². The van der Waals surface area contributed by atoms with Gasteiger partial charge in [0.05, 0.1) is 19.8 Å². The summed E-state index contributed by atoms with van der Waals surface area (Å²) in [5.41, 5.74) is 0. The molecule has 15 nitrogen and oxygen atoms in total. The molecular weight excluding hydrogens is 829 g/mol.